The first kappa shape index (κ1) is 25.7. The van der Waals surface area contributed by atoms with Crippen LogP contribution in [0.2, 0.25) is 0 Å². The third kappa shape index (κ3) is 5.88. The Bertz CT molecular complexity index is 1160. The Morgan fingerprint density at radius 1 is 0.641 bits per heavy atom. The van der Waals surface area contributed by atoms with E-state index in [2.05, 4.69) is 20.4 Å². The van der Waals surface area contributed by atoms with Gasteiger partial charge in [0.25, 0.3) is 12.1 Å². The first-order valence-electron chi connectivity index (χ1n) is 13.3. The zero-order chi connectivity index (χ0) is 26.6. The van der Waals surface area contributed by atoms with E-state index in [-0.39, 0.29) is 11.9 Å². The summed E-state index contributed by atoms with van der Waals surface area (Å²) in [6.07, 6.45) is 0.730. The van der Waals surface area contributed by atoms with Gasteiger partial charge in [0.05, 0.1) is 39.5 Å². The summed E-state index contributed by atoms with van der Waals surface area (Å²) in [5.41, 5.74) is 3.86. The van der Waals surface area contributed by atoms with Crippen molar-refractivity contribution in [3.8, 4) is 0 Å². The lowest BCUT2D eigenvalue weighted by Gasteiger charge is -2.26. The number of benzene rings is 2. The fourth-order valence-corrected chi connectivity index (χ4v) is 5.19. The van der Waals surface area contributed by atoms with Gasteiger partial charge >= 0.3 is 11.9 Å². The van der Waals surface area contributed by atoms with Crippen LogP contribution in [0.5, 0.6) is 0 Å². The second-order valence-corrected chi connectivity index (χ2v) is 10.0. The van der Waals surface area contributed by atoms with Crippen molar-refractivity contribution in [2.75, 3.05) is 65.7 Å². The Balaban J connectivity index is 1.08. The first-order valence-corrected chi connectivity index (χ1v) is 13.3. The minimum absolute atomic E-state index is 0.338. The number of ether oxygens (including phenoxy) is 2. The van der Waals surface area contributed by atoms with Gasteiger partial charge in [-0.1, -0.05) is 24.3 Å². The van der Waals surface area contributed by atoms with Crippen LogP contribution in [0.4, 0.5) is 11.4 Å². The summed E-state index contributed by atoms with van der Waals surface area (Å²) < 4.78 is 14.1. The maximum atomic E-state index is 12.3. The molecule has 2 atom stereocenters. The molecule has 0 aliphatic carbocycles. The predicted octanol–water partition coefficient (Wildman–Crippen LogP) is 1.81. The smallest absolute Gasteiger partial charge is 0.379 e. The number of morpholine rings is 2. The summed E-state index contributed by atoms with van der Waals surface area (Å²) in [5.74, 6) is -0.677. The molecule has 0 aromatic heterocycles. The van der Waals surface area contributed by atoms with Gasteiger partial charge in [0.2, 0.25) is 21.9 Å². The molecular weight excluding hydrogens is 504 g/mol. The van der Waals surface area contributed by atoms with Crippen LogP contribution >= 0.6 is 0 Å². The minimum Gasteiger partial charge on any atom is -0.379 e. The minimum atomic E-state index is -0.472. The predicted molar refractivity (Wildman–Crippen MR) is 135 cm³/mol. The molecule has 2 saturated heterocycles. The molecule has 2 fully saturated rings. The van der Waals surface area contributed by atoms with E-state index < -0.39 is 12.1 Å². The number of carbonyl (C=O) groups excluding carboxylic acids is 2. The molecule has 0 bridgehead atoms. The van der Waals surface area contributed by atoms with E-state index in [0.717, 1.165) is 55.1 Å². The van der Waals surface area contributed by atoms with E-state index in [9.17, 15) is 9.59 Å². The Hall–Kier alpha value is -3.58. The summed E-state index contributed by atoms with van der Waals surface area (Å²) >= 11 is 0. The van der Waals surface area contributed by atoms with Gasteiger partial charge in [0, 0.05) is 50.4 Å². The lowest BCUT2D eigenvalue weighted by molar-refractivity contribution is -0.539. The molecule has 4 heterocycles. The quantitative estimate of drug-likeness (QED) is 0.470. The molecule has 2 unspecified atom stereocenters. The largest absolute Gasteiger partial charge is 0.412 e. The molecule has 39 heavy (non-hydrogen) atoms. The third-order valence-corrected chi connectivity index (χ3v) is 7.45. The molecule has 12 nitrogen and oxygen atoms in total. The molecule has 2 aromatic rings. The van der Waals surface area contributed by atoms with Crippen LogP contribution in [0.3, 0.4) is 0 Å². The van der Waals surface area contributed by atoms with E-state index in [1.165, 1.54) is 0 Å². The molecule has 0 radical (unpaired) electrons. The van der Waals surface area contributed by atoms with Crippen molar-refractivity contribution in [1.29, 1.82) is 0 Å². The Morgan fingerprint density at radius 3 is 1.41 bits per heavy atom. The normalized spacial score (nSPS) is 24.3. The average molecular weight is 537 g/mol. The second kappa shape index (κ2) is 11.7. The van der Waals surface area contributed by atoms with Gasteiger partial charge < -0.3 is 9.47 Å². The van der Waals surface area contributed by atoms with Crippen LogP contribution < -0.4 is 0 Å². The first-order chi connectivity index (χ1) is 19.1. The van der Waals surface area contributed by atoms with Crippen molar-refractivity contribution in [3.63, 3.8) is 0 Å². The van der Waals surface area contributed by atoms with Crippen molar-refractivity contribution >= 4 is 23.3 Å². The maximum Gasteiger partial charge on any atom is 0.412 e. The summed E-state index contributed by atoms with van der Waals surface area (Å²) in [4.78, 5) is 39.1. The van der Waals surface area contributed by atoms with Crippen LogP contribution in [-0.4, -0.2) is 109 Å². The highest BCUT2D eigenvalue weighted by Gasteiger charge is 2.44. The maximum absolute atomic E-state index is 12.3. The van der Waals surface area contributed by atoms with E-state index in [0.29, 0.717) is 39.5 Å². The average Bonchev–Trinajstić information content (AvgIpc) is 3.52. The molecule has 4 aliphatic rings. The fraction of sp³-hybridized carbons (Fsp3) is 0.481. The van der Waals surface area contributed by atoms with Crippen molar-refractivity contribution in [1.82, 2.24) is 9.80 Å². The highest BCUT2D eigenvalue weighted by atomic mass is 16.7. The van der Waals surface area contributed by atoms with Crippen molar-refractivity contribution in [2.24, 2.45) is 10.6 Å². The van der Waals surface area contributed by atoms with E-state index >= 15 is 0 Å². The number of nitrogens with zero attached hydrogens (tertiary/aromatic N) is 6. The monoisotopic (exact) mass is 536 g/mol. The van der Waals surface area contributed by atoms with E-state index in [4.69, 9.17) is 19.1 Å². The molecule has 4 aliphatic heterocycles. The molecular formula is C27H32N6O6+2. The summed E-state index contributed by atoms with van der Waals surface area (Å²) in [7, 11) is 0. The van der Waals surface area contributed by atoms with Crippen LogP contribution in [0, 0.1) is 0 Å². The van der Waals surface area contributed by atoms with Gasteiger partial charge in [-0.2, -0.15) is 0 Å². The summed E-state index contributed by atoms with van der Waals surface area (Å²) in [6, 6.07) is 15.0. The SMILES string of the molecule is O=C1ON=[N+](c2ccc(Cc3ccc([N+]4=NOC(=O)C4CN4CCOCC4)cc3)cc2)C1CN1CCOCC1. The van der Waals surface area contributed by atoms with Crippen LogP contribution in [-0.2, 0) is 35.2 Å². The summed E-state index contributed by atoms with van der Waals surface area (Å²) in [5, 5.41) is 8.02. The van der Waals surface area contributed by atoms with Gasteiger partial charge in [-0.15, -0.1) is 0 Å². The molecule has 0 spiro atoms. The molecule has 12 heteroatoms. The molecule has 0 saturated carbocycles. The van der Waals surface area contributed by atoms with Gasteiger partial charge in [0.1, 0.15) is 0 Å². The van der Waals surface area contributed by atoms with Crippen molar-refractivity contribution in [3.05, 3.63) is 59.7 Å². The number of carbonyl (C=O) groups is 2. The van der Waals surface area contributed by atoms with Crippen molar-refractivity contribution < 1.29 is 38.1 Å². The highest BCUT2D eigenvalue weighted by Crippen LogP contribution is 2.25. The number of hydrogen-bond donors (Lipinski definition) is 0. The zero-order valence-electron chi connectivity index (χ0n) is 21.7. The topological polar surface area (TPSA) is 108 Å². The number of rotatable bonds is 8. The lowest BCUT2D eigenvalue weighted by atomic mass is 10.0. The fourth-order valence-electron chi connectivity index (χ4n) is 5.19. The van der Waals surface area contributed by atoms with E-state index in [1.807, 2.05) is 48.5 Å². The van der Waals surface area contributed by atoms with Crippen molar-refractivity contribution in [2.45, 2.75) is 18.5 Å². The molecule has 204 valence electrons. The lowest BCUT2D eigenvalue weighted by Crippen LogP contribution is -2.44. The Labute approximate surface area is 225 Å². The van der Waals surface area contributed by atoms with Gasteiger partial charge in [-0.3, -0.25) is 19.5 Å². The number of hydrogen-bond acceptors (Lipinski definition) is 10. The van der Waals surface area contributed by atoms with Crippen LogP contribution in [0.25, 0.3) is 0 Å². The zero-order valence-corrected chi connectivity index (χ0v) is 21.7. The van der Waals surface area contributed by atoms with Gasteiger partial charge in [-0.05, 0) is 26.9 Å². The Morgan fingerprint density at radius 2 is 1.03 bits per heavy atom. The van der Waals surface area contributed by atoms with Crippen LogP contribution in [0.15, 0.2) is 59.1 Å². The van der Waals surface area contributed by atoms with Gasteiger partial charge in [0.15, 0.2) is 0 Å². The van der Waals surface area contributed by atoms with E-state index in [1.54, 1.807) is 9.39 Å². The molecule has 6 rings (SSSR count). The Kier molecular flexibility index (Phi) is 7.68. The van der Waals surface area contributed by atoms with Gasteiger partial charge in [-0.25, -0.2) is 9.59 Å². The molecule has 0 amide bonds. The highest BCUT2D eigenvalue weighted by molar-refractivity contribution is 5.76. The third-order valence-electron chi connectivity index (χ3n) is 7.45. The summed E-state index contributed by atoms with van der Waals surface area (Å²) in [6.45, 7) is 6.94. The molecule has 0 N–H and O–H groups in total. The molecule has 2 aromatic carbocycles. The standard InChI is InChI=1S/C27H32N6O6/c34-26-24(18-30-9-13-36-14-10-30)32(28-38-26)22-5-1-20(2-6-22)17-21-3-7-23(8-4-21)33-25(27(35)39-29-33)19-31-11-15-37-16-12-31/h1-8,24-25H,9-19H2/q+2. The second-order valence-electron chi connectivity index (χ2n) is 10.0. The van der Waals surface area contributed by atoms with Crippen LogP contribution in [0.1, 0.15) is 11.1 Å².